The first-order valence-electron chi connectivity index (χ1n) is 8.87. The number of nitrogens with one attached hydrogen (secondary N) is 2. The molecule has 0 unspecified atom stereocenters. The molecule has 0 fully saturated rings. The average Bonchev–Trinajstić information content (AvgIpc) is 2.64. The van der Waals surface area contributed by atoms with E-state index in [1.807, 2.05) is 36.4 Å². The molecule has 0 amide bonds. The van der Waals surface area contributed by atoms with E-state index in [0.29, 0.717) is 11.4 Å². The van der Waals surface area contributed by atoms with Crippen LogP contribution in [0.4, 0.5) is 0 Å². The Kier molecular flexibility index (Phi) is 8.13. The summed E-state index contributed by atoms with van der Waals surface area (Å²) in [7, 11) is -1.41. The number of halogens is 1. The summed E-state index contributed by atoms with van der Waals surface area (Å²) in [4.78, 5) is 4.56. The average molecular weight is 408 g/mol. The molecule has 146 valence electrons. The standard InChI is InChI=1S/C20H26ClN3O2S/c1-22-20(23-14-5-7-17-6-3-4-8-19(17)21)24-15-13-16-9-11-18(12-10-16)27(2,25)26/h3-4,6,8-12H,5,7,13-15H2,1-2H3,(H2,22,23,24). The lowest BCUT2D eigenvalue weighted by molar-refractivity contribution is 0.602. The maximum Gasteiger partial charge on any atom is 0.190 e. The second-order valence-electron chi connectivity index (χ2n) is 6.29. The number of rotatable bonds is 8. The SMILES string of the molecule is CN=C(NCCCc1ccccc1Cl)NCCc1ccc(S(C)(=O)=O)cc1. The number of hydrogen-bond acceptors (Lipinski definition) is 3. The highest BCUT2D eigenvalue weighted by atomic mass is 35.5. The minimum atomic E-state index is -3.15. The third kappa shape index (κ3) is 7.23. The van der Waals surface area contributed by atoms with Crippen molar-refractivity contribution in [1.82, 2.24) is 10.6 Å². The Balaban J connectivity index is 1.70. The maximum absolute atomic E-state index is 11.5. The third-order valence-electron chi connectivity index (χ3n) is 4.15. The van der Waals surface area contributed by atoms with E-state index in [1.54, 1.807) is 19.2 Å². The van der Waals surface area contributed by atoms with Crippen LogP contribution in [0.3, 0.4) is 0 Å². The van der Waals surface area contributed by atoms with Gasteiger partial charge in [-0.1, -0.05) is 41.9 Å². The molecule has 0 aliphatic rings. The van der Waals surface area contributed by atoms with E-state index in [1.165, 1.54) is 6.26 Å². The number of hydrogen-bond donors (Lipinski definition) is 2. The van der Waals surface area contributed by atoms with Gasteiger partial charge in [0.1, 0.15) is 0 Å². The first-order chi connectivity index (χ1) is 12.9. The van der Waals surface area contributed by atoms with Crippen LogP contribution in [0.25, 0.3) is 0 Å². The van der Waals surface area contributed by atoms with E-state index in [-0.39, 0.29) is 0 Å². The zero-order valence-electron chi connectivity index (χ0n) is 15.7. The van der Waals surface area contributed by atoms with Crippen LogP contribution in [0.2, 0.25) is 5.02 Å². The lowest BCUT2D eigenvalue weighted by atomic mass is 10.1. The molecule has 7 heteroatoms. The van der Waals surface area contributed by atoms with Gasteiger partial charge in [-0.3, -0.25) is 4.99 Å². The largest absolute Gasteiger partial charge is 0.356 e. The fraction of sp³-hybridized carbons (Fsp3) is 0.350. The van der Waals surface area contributed by atoms with Crippen LogP contribution in [-0.4, -0.2) is 40.8 Å². The van der Waals surface area contributed by atoms with Gasteiger partial charge in [0.2, 0.25) is 0 Å². The van der Waals surface area contributed by atoms with Gasteiger partial charge < -0.3 is 10.6 Å². The monoisotopic (exact) mass is 407 g/mol. The topological polar surface area (TPSA) is 70.6 Å². The van der Waals surface area contributed by atoms with Crippen LogP contribution < -0.4 is 10.6 Å². The molecule has 0 heterocycles. The Bertz CT molecular complexity index is 865. The number of sulfone groups is 1. The molecule has 0 spiro atoms. The van der Waals surface area contributed by atoms with Gasteiger partial charge in [0.15, 0.2) is 15.8 Å². The summed E-state index contributed by atoms with van der Waals surface area (Å²) in [5.74, 6) is 0.752. The summed E-state index contributed by atoms with van der Waals surface area (Å²) in [5.41, 5.74) is 2.23. The van der Waals surface area contributed by atoms with Crippen molar-refractivity contribution in [3.8, 4) is 0 Å². The molecule has 0 atom stereocenters. The Labute approximate surface area is 166 Å². The van der Waals surface area contributed by atoms with Gasteiger partial charge in [-0.15, -0.1) is 0 Å². The van der Waals surface area contributed by atoms with Crippen LogP contribution in [0.15, 0.2) is 58.4 Å². The van der Waals surface area contributed by atoms with E-state index in [2.05, 4.69) is 15.6 Å². The van der Waals surface area contributed by atoms with Gasteiger partial charge in [0, 0.05) is 31.4 Å². The zero-order chi connectivity index (χ0) is 19.7. The molecule has 0 aliphatic carbocycles. The van der Waals surface area contributed by atoms with Crippen LogP contribution >= 0.6 is 11.6 Å². The number of guanidine groups is 1. The van der Waals surface area contributed by atoms with Crippen LogP contribution in [0.5, 0.6) is 0 Å². The number of aliphatic imine (C=N–C) groups is 1. The summed E-state index contributed by atoms with van der Waals surface area (Å²) >= 11 is 6.16. The van der Waals surface area contributed by atoms with Crippen molar-refractivity contribution >= 4 is 27.4 Å². The summed E-state index contributed by atoms with van der Waals surface area (Å²) in [6, 6.07) is 14.9. The Hall–Kier alpha value is -2.05. The van der Waals surface area contributed by atoms with E-state index in [9.17, 15) is 8.42 Å². The first-order valence-corrected chi connectivity index (χ1v) is 11.1. The highest BCUT2D eigenvalue weighted by molar-refractivity contribution is 7.90. The zero-order valence-corrected chi connectivity index (χ0v) is 17.3. The molecule has 0 radical (unpaired) electrons. The number of benzene rings is 2. The van der Waals surface area contributed by atoms with Crippen molar-refractivity contribution in [2.75, 3.05) is 26.4 Å². The fourth-order valence-electron chi connectivity index (χ4n) is 2.64. The van der Waals surface area contributed by atoms with Gasteiger partial charge in [0.05, 0.1) is 4.90 Å². The van der Waals surface area contributed by atoms with E-state index >= 15 is 0 Å². The van der Waals surface area contributed by atoms with Gasteiger partial charge in [0.25, 0.3) is 0 Å². The molecule has 2 N–H and O–H groups in total. The predicted molar refractivity (Wildman–Crippen MR) is 112 cm³/mol. The van der Waals surface area contributed by atoms with E-state index < -0.39 is 9.84 Å². The predicted octanol–water partition coefficient (Wildman–Crippen LogP) is 3.08. The lowest BCUT2D eigenvalue weighted by Crippen LogP contribution is -2.38. The highest BCUT2D eigenvalue weighted by Crippen LogP contribution is 2.16. The summed E-state index contributed by atoms with van der Waals surface area (Å²) < 4.78 is 23.0. The lowest BCUT2D eigenvalue weighted by Gasteiger charge is -2.12. The minimum absolute atomic E-state index is 0.343. The molecule has 0 saturated carbocycles. The van der Waals surface area contributed by atoms with Crippen molar-refractivity contribution in [3.05, 3.63) is 64.7 Å². The minimum Gasteiger partial charge on any atom is -0.356 e. The molecular weight excluding hydrogens is 382 g/mol. The van der Waals surface area contributed by atoms with Gasteiger partial charge in [-0.05, 0) is 48.6 Å². The second-order valence-corrected chi connectivity index (χ2v) is 8.71. The molecule has 0 aliphatic heterocycles. The van der Waals surface area contributed by atoms with Gasteiger partial charge in [-0.25, -0.2) is 8.42 Å². The van der Waals surface area contributed by atoms with Crippen LogP contribution in [0, 0.1) is 0 Å². The molecule has 2 rings (SSSR count). The van der Waals surface area contributed by atoms with Crippen LogP contribution in [0.1, 0.15) is 17.5 Å². The Morgan fingerprint density at radius 2 is 1.67 bits per heavy atom. The molecule has 0 aromatic heterocycles. The van der Waals surface area contributed by atoms with E-state index in [0.717, 1.165) is 47.9 Å². The molecule has 27 heavy (non-hydrogen) atoms. The fourth-order valence-corrected chi connectivity index (χ4v) is 3.50. The summed E-state index contributed by atoms with van der Waals surface area (Å²) in [6.07, 6.45) is 3.86. The van der Waals surface area contributed by atoms with Crippen molar-refractivity contribution < 1.29 is 8.42 Å². The van der Waals surface area contributed by atoms with Crippen molar-refractivity contribution in [3.63, 3.8) is 0 Å². The second kappa shape index (κ2) is 10.3. The van der Waals surface area contributed by atoms with Crippen molar-refractivity contribution in [1.29, 1.82) is 0 Å². The van der Waals surface area contributed by atoms with Gasteiger partial charge in [-0.2, -0.15) is 0 Å². The highest BCUT2D eigenvalue weighted by Gasteiger charge is 2.06. The maximum atomic E-state index is 11.5. The first kappa shape index (κ1) is 21.3. The summed E-state index contributed by atoms with van der Waals surface area (Å²) in [6.45, 7) is 1.51. The Morgan fingerprint density at radius 3 is 2.30 bits per heavy atom. The van der Waals surface area contributed by atoms with Gasteiger partial charge >= 0.3 is 0 Å². The van der Waals surface area contributed by atoms with Crippen molar-refractivity contribution in [2.24, 2.45) is 4.99 Å². The smallest absolute Gasteiger partial charge is 0.190 e. The molecule has 0 saturated heterocycles. The molecule has 0 bridgehead atoms. The molecule has 5 nitrogen and oxygen atoms in total. The number of nitrogens with zero attached hydrogens (tertiary/aromatic N) is 1. The summed E-state index contributed by atoms with van der Waals surface area (Å²) in [5, 5.41) is 7.37. The van der Waals surface area contributed by atoms with E-state index in [4.69, 9.17) is 11.6 Å². The molecule has 2 aromatic carbocycles. The molecule has 2 aromatic rings. The van der Waals surface area contributed by atoms with Crippen molar-refractivity contribution in [2.45, 2.75) is 24.2 Å². The van der Waals surface area contributed by atoms with Crippen LogP contribution in [-0.2, 0) is 22.7 Å². The quantitative estimate of drug-likeness (QED) is 0.401. The third-order valence-corrected chi connectivity index (χ3v) is 5.65. The number of aryl methyl sites for hydroxylation is 1. The Morgan fingerprint density at radius 1 is 1.00 bits per heavy atom. The normalized spacial score (nSPS) is 12.0. The molecular formula is C20H26ClN3O2S.